The number of benzene rings is 1. The van der Waals surface area contributed by atoms with Gasteiger partial charge in [0.15, 0.2) is 0 Å². The van der Waals surface area contributed by atoms with Crippen LogP contribution in [0.2, 0.25) is 0 Å². The number of hydrogen-bond donors (Lipinski definition) is 0. The van der Waals surface area contributed by atoms with Crippen LogP contribution in [-0.2, 0) is 16.6 Å². The molecule has 0 aliphatic carbocycles. The lowest BCUT2D eigenvalue weighted by atomic mass is 10.1. The Morgan fingerprint density at radius 2 is 1.69 bits per heavy atom. The molecular weight excluding hydrogens is 352 g/mol. The number of sulfonamides is 1. The van der Waals surface area contributed by atoms with Gasteiger partial charge in [0.05, 0.1) is 24.1 Å². The van der Waals surface area contributed by atoms with E-state index >= 15 is 0 Å². The van der Waals surface area contributed by atoms with Crippen molar-refractivity contribution < 1.29 is 13.2 Å². The molecule has 1 aliphatic heterocycles. The standard InChI is InChI=1S/C18H24N4O3S/c1-14-17(15(2)22(19-14)13-16-7-5-4-6-8-16)18(23)20-9-11-21(12-10-20)26(3,24)25/h4-8H,9-13H2,1-3H3. The van der Waals surface area contributed by atoms with E-state index in [1.54, 1.807) is 4.90 Å². The molecule has 8 heteroatoms. The Bertz CT molecular complexity index is 898. The summed E-state index contributed by atoms with van der Waals surface area (Å²) >= 11 is 0. The van der Waals surface area contributed by atoms with E-state index in [1.807, 2.05) is 48.9 Å². The first-order chi connectivity index (χ1) is 12.3. The molecule has 26 heavy (non-hydrogen) atoms. The Hall–Kier alpha value is -2.19. The average molecular weight is 376 g/mol. The average Bonchev–Trinajstić information content (AvgIpc) is 2.88. The zero-order valence-corrected chi connectivity index (χ0v) is 16.2. The number of carbonyl (C=O) groups is 1. The summed E-state index contributed by atoms with van der Waals surface area (Å²) in [5, 5.41) is 4.54. The fourth-order valence-corrected chi connectivity index (χ4v) is 4.12. The van der Waals surface area contributed by atoms with Crippen molar-refractivity contribution in [3.8, 4) is 0 Å². The van der Waals surface area contributed by atoms with Gasteiger partial charge in [-0.15, -0.1) is 0 Å². The number of amides is 1. The zero-order valence-electron chi connectivity index (χ0n) is 15.3. The highest BCUT2D eigenvalue weighted by Crippen LogP contribution is 2.18. The lowest BCUT2D eigenvalue weighted by Gasteiger charge is -2.33. The number of rotatable bonds is 4. The molecule has 7 nitrogen and oxygen atoms in total. The molecule has 0 spiro atoms. The molecule has 0 saturated carbocycles. The minimum atomic E-state index is -3.21. The Morgan fingerprint density at radius 3 is 2.27 bits per heavy atom. The van der Waals surface area contributed by atoms with Gasteiger partial charge in [0.1, 0.15) is 0 Å². The summed E-state index contributed by atoms with van der Waals surface area (Å²) in [5.74, 6) is -0.0764. The van der Waals surface area contributed by atoms with Crippen LogP contribution < -0.4 is 0 Å². The smallest absolute Gasteiger partial charge is 0.257 e. The second-order valence-corrected chi connectivity index (χ2v) is 8.63. The molecule has 2 aromatic rings. The van der Waals surface area contributed by atoms with Crippen LogP contribution in [0.3, 0.4) is 0 Å². The largest absolute Gasteiger partial charge is 0.336 e. The fourth-order valence-electron chi connectivity index (χ4n) is 3.30. The number of aryl methyl sites for hydroxylation is 1. The van der Waals surface area contributed by atoms with E-state index in [4.69, 9.17) is 0 Å². The van der Waals surface area contributed by atoms with Crippen molar-refractivity contribution in [2.24, 2.45) is 0 Å². The molecule has 1 saturated heterocycles. The third-order valence-electron chi connectivity index (χ3n) is 4.77. The van der Waals surface area contributed by atoms with Gasteiger partial charge >= 0.3 is 0 Å². The Morgan fingerprint density at radius 1 is 1.08 bits per heavy atom. The Kier molecular flexibility index (Phi) is 5.15. The first-order valence-corrected chi connectivity index (χ1v) is 10.4. The van der Waals surface area contributed by atoms with Crippen molar-refractivity contribution in [3.63, 3.8) is 0 Å². The Balaban J connectivity index is 1.76. The number of hydrogen-bond acceptors (Lipinski definition) is 4. The van der Waals surface area contributed by atoms with Crippen molar-refractivity contribution in [1.29, 1.82) is 0 Å². The summed E-state index contributed by atoms with van der Waals surface area (Å²) in [6.07, 6.45) is 1.20. The van der Waals surface area contributed by atoms with Gasteiger partial charge in [0.2, 0.25) is 10.0 Å². The summed E-state index contributed by atoms with van der Waals surface area (Å²) in [5.41, 5.74) is 3.28. The minimum absolute atomic E-state index is 0.0764. The van der Waals surface area contributed by atoms with Gasteiger partial charge in [-0.3, -0.25) is 9.48 Å². The van der Waals surface area contributed by atoms with E-state index in [0.717, 1.165) is 11.3 Å². The molecule has 1 aliphatic rings. The molecule has 0 N–H and O–H groups in total. The lowest BCUT2D eigenvalue weighted by molar-refractivity contribution is 0.0696. The van der Waals surface area contributed by atoms with Crippen LogP contribution in [0, 0.1) is 13.8 Å². The maximum absolute atomic E-state index is 13.0. The monoisotopic (exact) mass is 376 g/mol. The summed E-state index contributed by atoms with van der Waals surface area (Å²) in [7, 11) is -3.21. The highest BCUT2D eigenvalue weighted by Gasteiger charge is 2.29. The molecule has 1 amide bonds. The van der Waals surface area contributed by atoms with Crippen LogP contribution in [0.15, 0.2) is 30.3 Å². The van der Waals surface area contributed by atoms with E-state index in [0.29, 0.717) is 44.0 Å². The second-order valence-electron chi connectivity index (χ2n) is 6.64. The molecule has 2 heterocycles. The van der Waals surface area contributed by atoms with Crippen molar-refractivity contribution >= 4 is 15.9 Å². The van der Waals surface area contributed by atoms with Gasteiger partial charge in [-0.2, -0.15) is 9.40 Å². The van der Waals surface area contributed by atoms with Crippen molar-refractivity contribution in [2.75, 3.05) is 32.4 Å². The van der Waals surface area contributed by atoms with Crippen LogP contribution in [0.5, 0.6) is 0 Å². The first kappa shape index (κ1) is 18.6. The second kappa shape index (κ2) is 7.20. The molecule has 0 bridgehead atoms. The number of carbonyl (C=O) groups excluding carboxylic acids is 1. The van der Waals surface area contributed by atoms with Gasteiger partial charge in [-0.05, 0) is 19.4 Å². The maximum atomic E-state index is 13.0. The molecule has 0 radical (unpaired) electrons. The van der Waals surface area contributed by atoms with Crippen LogP contribution in [0.1, 0.15) is 27.3 Å². The summed E-state index contributed by atoms with van der Waals surface area (Å²) in [6, 6.07) is 9.99. The third kappa shape index (κ3) is 3.81. The van der Waals surface area contributed by atoms with Crippen LogP contribution >= 0.6 is 0 Å². The molecule has 1 aromatic carbocycles. The molecule has 0 unspecified atom stereocenters. The predicted molar refractivity (Wildman–Crippen MR) is 99.6 cm³/mol. The number of nitrogens with zero attached hydrogens (tertiary/aromatic N) is 4. The predicted octanol–water partition coefficient (Wildman–Crippen LogP) is 1.27. The van der Waals surface area contributed by atoms with Gasteiger partial charge in [0, 0.05) is 31.9 Å². The van der Waals surface area contributed by atoms with E-state index < -0.39 is 10.0 Å². The van der Waals surface area contributed by atoms with E-state index in [9.17, 15) is 13.2 Å². The third-order valence-corrected chi connectivity index (χ3v) is 6.07. The van der Waals surface area contributed by atoms with E-state index in [-0.39, 0.29) is 5.91 Å². The summed E-state index contributed by atoms with van der Waals surface area (Å²) < 4.78 is 26.5. The SMILES string of the molecule is Cc1nn(Cc2ccccc2)c(C)c1C(=O)N1CCN(S(C)(=O)=O)CC1. The highest BCUT2D eigenvalue weighted by molar-refractivity contribution is 7.88. The van der Waals surface area contributed by atoms with Gasteiger partial charge in [-0.25, -0.2) is 8.42 Å². The van der Waals surface area contributed by atoms with Crippen LogP contribution in [0.25, 0.3) is 0 Å². The first-order valence-electron chi connectivity index (χ1n) is 8.59. The molecular formula is C18H24N4O3S. The molecule has 1 fully saturated rings. The highest BCUT2D eigenvalue weighted by atomic mass is 32.2. The van der Waals surface area contributed by atoms with E-state index in [1.165, 1.54) is 10.6 Å². The van der Waals surface area contributed by atoms with Crippen molar-refractivity contribution in [3.05, 3.63) is 52.8 Å². The van der Waals surface area contributed by atoms with Crippen molar-refractivity contribution in [2.45, 2.75) is 20.4 Å². The minimum Gasteiger partial charge on any atom is -0.336 e. The summed E-state index contributed by atoms with van der Waals surface area (Å²) in [6.45, 7) is 5.82. The van der Waals surface area contributed by atoms with Crippen molar-refractivity contribution in [1.82, 2.24) is 19.0 Å². The van der Waals surface area contributed by atoms with Gasteiger partial charge < -0.3 is 4.90 Å². The molecule has 0 atom stereocenters. The maximum Gasteiger partial charge on any atom is 0.257 e. The number of piperazine rings is 1. The van der Waals surface area contributed by atoms with E-state index in [2.05, 4.69) is 5.10 Å². The Labute approximate surface area is 154 Å². The molecule has 140 valence electrons. The number of aromatic nitrogens is 2. The zero-order chi connectivity index (χ0) is 18.9. The topological polar surface area (TPSA) is 75.5 Å². The fraction of sp³-hybridized carbons (Fsp3) is 0.444. The quantitative estimate of drug-likeness (QED) is 0.805. The molecule has 3 rings (SSSR count). The van der Waals surface area contributed by atoms with Gasteiger partial charge in [-0.1, -0.05) is 30.3 Å². The lowest BCUT2D eigenvalue weighted by Crippen LogP contribution is -2.50. The normalized spacial score (nSPS) is 16.0. The van der Waals surface area contributed by atoms with Crippen LogP contribution in [-0.4, -0.2) is 65.7 Å². The van der Waals surface area contributed by atoms with Gasteiger partial charge in [0.25, 0.3) is 5.91 Å². The van der Waals surface area contributed by atoms with Crippen LogP contribution in [0.4, 0.5) is 0 Å². The summed E-state index contributed by atoms with van der Waals surface area (Å²) in [4.78, 5) is 14.7. The molecule has 1 aromatic heterocycles.